The molecule has 0 fully saturated rings. The zero-order chi connectivity index (χ0) is 6.62. The maximum Gasteiger partial charge on any atom is 0.0227 e. The topological polar surface area (TPSA) is 0 Å². The van der Waals surface area contributed by atoms with Crippen LogP contribution in [0.1, 0.15) is 33.6 Å². The molecule has 0 radical (unpaired) electrons. The van der Waals surface area contributed by atoms with E-state index in [0.29, 0.717) is 4.75 Å². The lowest BCUT2D eigenvalue weighted by Crippen LogP contribution is -2.14. The van der Waals surface area contributed by atoms with Gasteiger partial charge in [-0.2, -0.15) is 0 Å². The van der Waals surface area contributed by atoms with Crippen LogP contribution in [0.15, 0.2) is 0 Å². The van der Waals surface area contributed by atoms with Gasteiger partial charge in [0.05, 0.1) is 0 Å². The maximum atomic E-state index is 4.18. The Kier molecular flexibility index (Phi) is 4.00. The zero-order valence-corrected chi connectivity index (χ0v) is 7.48. The summed E-state index contributed by atoms with van der Waals surface area (Å²) in [5, 5.41) is 0. The number of hydrogen-bond acceptors (Lipinski definition) is 2. The Labute approximate surface area is 61.2 Å². The Morgan fingerprint density at radius 1 is 1.38 bits per heavy atom. The number of rotatable bonds is 3. The van der Waals surface area contributed by atoms with Gasteiger partial charge in [-0.15, -0.1) is 11.7 Å². The predicted molar refractivity (Wildman–Crippen MR) is 45.6 cm³/mol. The molecule has 0 aliphatic rings. The van der Waals surface area contributed by atoms with Crippen molar-refractivity contribution in [3.63, 3.8) is 0 Å². The van der Waals surface area contributed by atoms with Gasteiger partial charge in [0.25, 0.3) is 0 Å². The standard InChI is InChI=1S/C6H14S2/c1-4-6(3,5-2)8-7/h7H,4-5H2,1-3H3. The lowest BCUT2D eigenvalue weighted by molar-refractivity contribution is 0.604. The Morgan fingerprint density at radius 3 is 1.75 bits per heavy atom. The Hall–Kier alpha value is 0.700. The molecule has 0 atom stereocenters. The average molecular weight is 150 g/mol. The summed E-state index contributed by atoms with van der Waals surface area (Å²) in [5.41, 5.74) is 0. The van der Waals surface area contributed by atoms with E-state index in [1.807, 2.05) is 0 Å². The first-order valence-electron chi connectivity index (χ1n) is 3.01. The molecule has 0 N–H and O–H groups in total. The molecule has 0 aromatic rings. The van der Waals surface area contributed by atoms with Crippen molar-refractivity contribution in [3.8, 4) is 0 Å². The quantitative estimate of drug-likeness (QED) is 0.476. The minimum absolute atomic E-state index is 0.406. The van der Waals surface area contributed by atoms with Gasteiger partial charge in [-0.25, -0.2) is 0 Å². The lowest BCUT2D eigenvalue weighted by Gasteiger charge is -2.21. The van der Waals surface area contributed by atoms with Crippen LogP contribution in [-0.2, 0) is 0 Å². The molecule has 0 bridgehead atoms. The molecule has 0 saturated heterocycles. The summed E-state index contributed by atoms with van der Waals surface area (Å²) in [6.45, 7) is 6.64. The lowest BCUT2D eigenvalue weighted by atomic mass is 10.1. The van der Waals surface area contributed by atoms with Gasteiger partial charge in [-0.1, -0.05) is 24.6 Å². The summed E-state index contributed by atoms with van der Waals surface area (Å²) in [6.07, 6.45) is 2.41. The van der Waals surface area contributed by atoms with E-state index < -0.39 is 0 Å². The third kappa shape index (κ3) is 2.31. The van der Waals surface area contributed by atoms with Crippen molar-refractivity contribution in [1.82, 2.24) is 0 Å². The number of thiol groups is 1. The molecule has 0 unspecified atom stereocenters. The van der Waals surface area contributed by atoms with Gasteiger partial charge < -0.3 is 0 Å². The molecule has 2 heteroatoms. The van der Waals surface area contributed by atoms with Crippen molar-refractivity contribution in [1.29, 1.82) is 0 Å². The molecule has 0 aromatic heterocycles. The van der Waals surface area contributed by atoms with Crippen molar-refractivity contribution in [2.45, 2.75) is 38.4 Å². The smallest absolute Gasteiger partial charge is 0.0227 e. The molecule has 0 saturated carbocycles. The maximum absolute atomic E-state index is 4.18. The first kappa shape index (κ1) is 8.70. The van der Waals surface area contributed by atoms with Crippen LogP contribution in [0.25, 0.3) is 0 Å². The highest BCUT2D eigenvalue weighted by molar-refractivity contribution is 8.69. The van der Waals surface area contributed by atoms with Crippen LogP contribution >= 0.6 is 22.5 Å². The van der Waals surface area contributed by atoms with Crippen LogP contribution in [0.4, 0.5) is 0 Å². The molecule has 0 aliphatic heterocycles. The van der Waals surface area contributed by atoms with E-state index in [0.717, 1.165) is 0 Å². The second kappa shape index (κ2) is 3.67. The molecule has 0 heterocycles. The fourth-order valence-corrected chi connectivity index (χ4v) is 1.41. The van der Waals surface area contributed by atoms with E-state index in [1.165, 1.54) is 12.8 Å². The van der Waals surface area contributed by atoms with Gasteiger partial charge in [0.2, 0.25) is 0 Å². The SMILES string of the molecule is CCC(C)(CC)SS. The molecule has 0 rings (SSSR count). The fraction of sp³-hybridized carbons (Fsp3) is 1.00. The van der Waals surface area contributed by atoms with Crippen LogP contribution in [-0.4, -0.2) is 4.75 Å². The molecule has 8 heavy (non-hydrogen) atoms. The summed E-state index contributed by atoms with van der Waals surface area (Å²) in [5.74, 6) is 0. The summed E-state index contributed by atoms with van der Waals surface area (Å²) in [7, 11) is 1.67. The van der Waals surface area contributed by atoms with E-state index in [9.17, 15) is 0 Å². The van der Waals surface area contributed by atoms with Crippen molar-refractivity contribution in [3.05, 3.63) is 0 Å². The number of hydrogen-bond donors (Lipinski definition) is 1. The van der Waals surface area contributed by atoms with Gasteiger partial charge in [0.15, 0.2) is 0 Å². The van der Waals surface area contributed by atoms with Crippen LogP contribution in [0.2, 0.25) is 0 Å². The van der Waals surface area contributed by atoms with Crippen molar-refractivity contribution >= 4 is 22.5 Å². The van der Waals surface area contributed by atoms with Gasteiger partial charge in [-0.3, -0.25) is 0 Å². The largest absolute Gasteiger partial charge is 0.111 e. The highest BCUT2D eigenvalue weighted by Crippen LogP contribution is 2.33. The molecule has 0 aliphatic carbocycles. The monoisotopic (exact) mass is 150 g/mol. The first-order valence-corrected chi connectivity index (χ1v) is 4.88. The first-order chi connectivity index (χ1) is 3.68. The van der Waals surface area contributed by atoms with E-state index in [-0.39, 0.29) is 0 Å². The van der Waals surface area contributed by atoms with E-state index in [1.54, 1.807) is 10.8 Å². The third-order valence-electron chi connectivity index (χ3n) is 1.72. The summed E-state index contributed by atoms with van der Waals surface area (Å²) in [6, 6.07) is 0. The second-order valence-electron chi connectivity index (χ2n) is 2.25. The van der Waals surface area contributed by atoms with Crippen molar-refractivity contribution < 1.29 is 0 Å². The Morgan fingerprint density at radius 2 is 1.75 bits per heavy atom. The predicted octanol–water partition coefficient (Wildman–Crippen LogP) is 3.14. The normalized spacial score (nSPS) is 12.0. The fourth-order valence-electron chi connectivity index (χ4n) is 0.379. The summed E-state index contributed by atoms with van der Waals surface area (Å²) in [4.78, 5) is 0. The minimum atomic E-state index is 0.406. The third-order valence-corrected chi connectivity index (χ3v) is 4.06. The van der Waals surface area contributed by atoms with Gasteiger partial charge in [0, 0.05) is 4.75 Å². The molecule has 0 spiro atoms. The van der Waals surface area contributed by atoms with Crippen molar-refractivity contribution in [2.75, 3.05) is 0 Å². The zero-order valence-electron chi connectivity index (χ0n) is 5.77. The molecule has 0 nitrogen and oxygen atoms in total. The molecule has 0 amide bonds. The highest BCUT2D eigenvalue weighted by atomic mass is 33.1. The van der Waals surface area contributed by atoms with Gasteiger partial charge >= 0.3 is 0 Å². The Bertz CT molecular complexity index is 49.3. The summed E-state index contributed by atoms with van der Waals surface area (Å²) >= 11 is 4.18. The van der Waals surface area contributed by atoms with Crippen LogP contribution < -0.4 is 0 Å². The van der Waals surface area contributed by atoms with E-state index in [4.69, 9.17) is 0 Å². The van der Waals surface area contributed by atoms with E-state index in [2.05, 4.69) is 32.4 Å². The van der Waals surface area contributed by atoms with Gasteiger partial charge in [-0.05, 0) is 19.8 Å². The molecular weight excluding hydrogens is 136 g/mol. The van der Waals surface area contributed by atoms with E-state index >= 15 is 0 Å². The van der Waals surface area contributed by atoms with Crippen molar-refractivity contribution in [2.24, 2.45) is 0 Å². The van der Waals surface area contributed by atoms with Crippen LogP contribution in [0.3, 0.4) is 0 Å². The molecule has 50 valence electrons. The summed E-state index contributed by atoms with van der Waals surface area (Å²) < 4.78 is 0.406. The molecular formula is C6H14S2. The van der Waals surface area contributed by atoms with Crippen LogP contribution in [0, 0.1) is 0 Å². The van der Waals surface area contributed by atoms with Crippen LogP contribution in [0.5, 0.6) is 0 Å². The minimum Gasteiger partial charge on any atom is -0.111 e. The Balaban J connectivity index is 3.58. The van der Waals surface area contributed by atoms with Gasteiger partial charge in [0.1, 0.15) is 0 Å². The average Bonchev–Trinajstić information content (AvgIpc) is 1.87. The second-order valence-corrected chi connectivity index (χ2v) is 3.96. The highest BCUT2D eigenvalue weighted by Gasteiger charge is 2.17. The molecule has 0 aromatic carbocycles.